The molecule has 1 aliphatic heterocycles. The number of aliphatic carboxylic acids is 2. The fourth-order valence-electron chi connectivity index (χ4n) is 1.07. The monoisotopic (exact) mass is 250 g/mol. The van der Waals surface area contributed by atoms with E-state index in [-0.39, 0.29) is 0 Å². The first-order chi connectivity index (χ1) is 7.86. The molecular formula is C9H18N2O6. The molecule has 6 N–H and O–H groups in total. The highest BCUT2D eigenvalue weighted by Crippen LogP contribution is 1.92. The van der Waals surface area contributed by atoms with Crippen LogP contribution in [0.1, 0.15) is 6.92 Å². The minimum absolute atomic E-state index is 0.675. The number of hydrogen-bond donors (Lipinski definition) is 6. The number of piperazine rings is 1. The molecule has 8 heteroatoms. The van der Waals surface area contributed by atoms with Gasteiger partial charge in [0.25, 0.3) is 0 Å². The van der Waals surface area contributed by atoms with Gasteiger partial charge < -0.3 is 31.1 Å². The van der Waals surface area contributed by atoms with E-state index in [4.69, 9.17) is 20.4 Å². The smallest absolute Gasteiger partial charge is 0.335 e. The summed E-state index contributed by atoms with van der Waals surface area (Å²) in [6, 6.07) is 0.675. The molecule has 0 unspecified atom stereocenters. The lowest BCUT2D eigenvalue weighted by molar-refractivity contribution is -0.165. The largest absolute Gasteiger partial charge is 0.479 e. The summed E-state index contributed by atoms with van der Waals surface area (Å²) in [6.45, 7) is 5.57. The lowest BCUT2D eigenvalue weighted by atomic mass is 10.2. The zero-order chi connectivity index (χ0) is 13.4. The number of carboxylic acids is 2. The highest BCUT2D eigenvalue weighted by atomic mass is 16.4. The number of hydrogen-bond acceptors (Lipinski definition) is 6. The van der Waals surface area contributed by atoms with E-state index in [2.05, 4.69) is 17.6 Å². The zero-order valence-corrected chi connectivity index (χ0v) is 9.46. The maximum absolute atomic E-state index is 9.77. The molecule has 0 amide bonds. The van der Waals surface area contributed by atoms with Gasteiger partial charge in [-0.1, -0.05) is 0 Å². The Labute approximate surface area is 98.3 Å². The van der Waals surface area contributed by atoms with Gasteiger partial charge in [0.2, 0.25) is 0 Å². The summed E-state index contributed by atoms with van der Waals surface area (Å²) in [7, 11) is 0. The van der Waals surface area contributed by atoms with E-state index in [0.29, 0.717) is 6.04 Å². The quantitative estimate of drug-likeness (QED) is 0.321. The van der Waals surface area contributed by atoms with Crippen LogP contribution in [0.5, 0.6) is 0 Å². The number of aliphatic hydroxyl groups is 2. The molecule has 3 atom stereocenters. The molecule has 0 aromatic rings. The highest BCUT2D eigenvalue weighted by Gasteiger charge is 2.29. The SMILES string of the molecule is C[C@@H]1CNCCN1.O=C(O)[C@H](O)[C@@H](O)C(=O)O. The van der Waals surface area contributed by atoms with Gasteiger partial charge in [0.1, 0.15) is 0 Å². The molecule has 0 spiro atoms. The van der Waals surface area contributed by atoms with Crippen molar-refractivity contribution in [1.29, 1.82) is 0 Å². The van der Waals surface area contributed by atoms with E-state index in [1.807, 2.05) is 0 Å². The summed E-state index contributed by atoms with van der Waals surface area (Å²) in [5, 5.41) is 39.1. The third-order valence-corrected chi connectivity index (χ3v) is 2.05. The molecule has 0 saturated carbocycles. The van der Waals surface area contributed by atoms with Gasteiger partial charge in [-0.3, -0.25) is 0 Å². The number of aliphatic hydroxyl groups excluding tert-OH is 2. The summed E-state index contributed by atoms with van der Waals surface area (Å²) in [5.74, 6) is -3.54. The molecule has 17 heavy (non-hydrogen) atoms. The normalized spacial score (nSPS) is 22.9. The van der Waals surface area contributed by atoms with Crippen LogP contribution in [0.4, 0.5) is 0 Å². The first kappa shape index (κ1) is 15.8. The number of rotatable bonds is 3. The van der Waals surface area contributed by atoms with E-state index >= 15 is 0 Å². The first-order valence-electron chi connectivity index (χ1n) is 5.12. The lowest BCUT2D eigenvalue weighted by Gasteiger charge is -2.19. The number of carbonyl (C=O) groups is 2. The van der Waals surface area contributed by atoms with Gasteiger partial charge in [0.05, 0.1) is 0 Å². The van der Waals surface area contributed by atoms with Crippen LogP contribution in [0.2, 0.25) is 0 Å². The topological polar surface area (TPSA) is 139 Å². The minimum atomic E-state index is -2.27. The molecule has 1 heterocycles. The first-order valence-corrected chi connectivity index (χ1v) is 5.12. The van der Waals surface area contributed by atoms with Crippen LogP contribution in [0.25, 0.3) is 0 Å². The molecular weight excluding hydrogens is 232 g/mol. The zero-order valence-electron chi connectivity index (χ0n) is 9.46. The van der Waals surface area contributed by atoms with Crippen LogP contribution < -0.4 is 10.6 Å². The van der Waals surface area contributed by atoms with Crippen LogP contribution in [-0.4, -0.2) is 70.2 Å². The van der Waals surface area contributed by atoms with Gasteiger partial charge in [0, 0.05) is 25.7 Å². The van der Waals surface area contributed by atoms with Crippen molar-refractivity contribution in [2.45, 2.75) is 25.2 Å². The fraction of sp³-hybridized carbons (Fsp3) is 0.778. The minimum Gasteiger partial charge on any atom is -0.479 e. The third-order valence-electron chi connectivity index (χ3n) is 2.05. The van der Waals surface area contributed by atoms with E-state index in [9.17, 15) is 9.59 Å². The Morgan fingerprint density at radius 2 is 1.59 bits per heavy atom. The Morgan fingerprint density at radius 3 is 1.76 bits per heavy atom. The second-order valence-corrected chi connectivity index (χ2v) is 3.63. The van der Waals surface area contributed by atoms with E-state index in [1.54, 1.807) is 0 Å². The predicted molar refractivity (Wildman–Crippen MR) is 57.6 cm³/mol. The molecule has 0 radical (unpaired) electrons. The number of nitrogens with one attached hydrogen (secondary N) is 2. The van der Waals surface area contributed by atoms with Crippen molar-refractivity contribution >= 4 is 11.9 Å². The second kappa shape index (κ2) is 7.96. The molecule has 0 aromatic carbocycles. The van der Waals surface area contributed by atoms with Gasteiger partial charge >= 0.3 is 11.9 Å². The van der Waals surface area contributed by atoms with Crippen molar-refractivity contribution in [3.63, 3.8) is 0 Å². The van der Waals surface area contributed by atoms with Crippen LogP contribution in [0.15, 0.2) is 0 Å². The molecule has 0 bridgehead atoms. The Kier molecular flexibility index (Phi) is 7.39. The predicted octanol–water partition coefficient (Wildman–Crippen LogP) is -2.55. The Bertz CT molecular complexity index is 236. The van der Waals surface area contributed by atoms with Gasteiger partial charge in [-0.25, -0.2) is 9.59 Å². The fourth-order valence-corrected chi connectivity index (χ4v) is 1.07. The third kappa shape index (κ3) is 6.84. The van der Waals surface area contributed by atoms with E-state index in [1.165, 1.54) is 0 Å². The van der Waals surface area contributed by atoms with Crippen molar-refractivity contribution in [2.75, 3.05) is 19.6 Å². The van der Waals surface area contributed by atoms with Gasteiger partial charge in [0.15, 0.2) is 12.2 Å². The van der Waals surface area contributed by atoms with E-state index < -0.39 is 24.1 Å². The molecule has 1 saturated heterocycles. The molecule has 1 fully saturated rings. The van der Waals surface area contributed by atoms with Crippen LogP contribution in [-0.2, 0) is 9.59 Å². The summed E-state index contributed by atoms with van der Waals surface area (Å²) in [5.41, 5.74) is 0. The van der Waals surface area contributed by atoms with Gasteiger partial charge in [-0.05, 0) is 6.92 Å². The Balaban J connectivity index is 0.000000318. The average molecular weight is 250 g/mol. The highest BCUT2D eigenvalue weighted by molar-refractivity contribution is 5.83. The summed E-state index contributed by atoms with van der Waals surface area (Å²) in [6.07, 6.45) is -4.53. The maximum Gasteiger partial charge on any atom is 0.335 e. The van der Waals surface area contributed by atoms with Crippen molar-refractivity contribution in [3.05, 3.63) is 0 Å². The van der Waals surface area contributed by atoms with Crippen molar-refractivity contribution in [2.24, 2.45) is 0 Å². The maximum atomic E-state index is 9.77. The lowest BCUT2D eigenvalue weighted by Crippen LogP contribution is -2.46. The molecule has 8 nitrogen and oxygen atoms in total. The molecule has 1 aliphatic rings. The van der Waals surface area contributed by atoms with Crippen LogP contribution in [0.3, 0.4) is 0 Å². The average Bonchev–Trinajstić information content (AvgIpc) is 2.28. The standard InChI is InChI=1S/C5H12N2.C4H6O6/c1-5-4-6-2-3-7-5;5-1(3(7)8)2(6)4(9)10/h5-7H,2-4H2,1H3;1-2,5-6H,(H,7,8)(H,9,10)/t5-;1-,2-/m11/s1. The summed E-state index contributed by atoms with van der Waals surface area (Å²) >= 11 is 0. The number of carboxylic acid groups (broad SMARTS) is 2. The second-order valence-electron chi connectivity index (χ2n) is 3.63. The summed E-state index contributed by atoms with van der Waals surface area (Å²) < 4.78 is 0. The molecule has 0 aliphatic carbocycles. The van der Waals surface area contributed by atoms with Gasteiger partial charge in [-0.2, -0.15) is 0 Å². The van der Waals surface area contributed by atoms with Crippen LogP contribution >= 0.6 is 0 Å². The molecule has 1 rings (SSSR count). The Morgan fingerprint density at radius 1 is 1.12 bits per heavy atom. The van der Waals surface area contributed by atoms with Gasteiger partial charge in [-0.15, -0.1) is 0 Å². The van der Waals surface area contributed by atoms with Crippen molar-refractivity contribution < 1.29 is 30.0 Å². The van der Waals surface area contributed by atoms with E-state index in [0.717, 1.165) is 19.6 Å². The van der Waals surface area contributed by atoms with Crippen molar-refractivity contribution in [3.8, 4) is 0 Å². The van der Waals surface area contributed by atoms with Crippen molar-refractivity contribution in [1.82, 2.24) is 10.6 Å². The molecule has 100 valence electrons. The Hall–Kier alpha value is -1.22. The van der Waals surface area contributed by atoms with Crippen LogP contribution in [0, 0.1) is 0 Å². The summed E-state index contributed by atoms with van der Waals surface area (Å²) in [4.78, 5) is 19.5. The molecule has 0 aromatic heterocycles.